The first-order valence-corrected chi connectivity index (χ1v) is 7.58. The molecule has 1 aromatic heterocycles. The van der Waals surface area contributed by atoms with Crippen molar-refractivity contribution in [3.63, 3.8) is 0 Å². The number of hydrogen-bond acceptors (Lipinski definition) is 5. The second-order valence-electron chi connectivity index (χ2n) is 7.24. The first kappa shape index (κ1) is 14.8. The zero-order chi connectivity index (χ0) is 16.1. The minimum Gasteiger partial charge on any atom is -0.356 e. The molecule has 1 aromatic rings. The molecule has 0 bridgehead atoms. The van der Waals surface area contributed by atoms with Crippen LogP contribution < -0.4 is 4.90 Å². The van der Waals surface area contributed by atoms with Crippen molar-refractivity contribution in [2.75, 3.05) is 25.0 Å². The molecule has 3 rings (SSSR count). The van der Waals surface area contributed by atoms with Gasteiger partial charge in [0.1, 0.15) is 11.9 Å². The predicted octanol–water partition coefficient (Wildman–Crippen LogP) is 1.29. The number of rotatable bonds is 2. The molecule has 2 heterocycles. The lowest BCUT2D eigenvalue weighted by Gasteiger charge is -2.29. The smallest absolute Gasteiger partial charge is 0.234 e. The van der Waals surface area contributed by atoms with E-state index in [2.05, 4.69) is 14.9 Å². The second kappa shape index (κ2) is 4.94. The van der Waals surface area contributed by atoms with Gasteiger partial charge in [0.2, 0.25) is 11.7 Å². The number of nitriles is 1. The molecular formula is C16H21N5O. The van der Waals surface area contributed by atoms with Crippen molar-refractivity contribution in [1.82, 2.24) is 14.9 Å². The van der Waals surface area contributed by atoms with Crippen molar-refractivity contribution in [2.24, 2.45) is 17.3 Å². The number of nitrogens with zero attached hydrogens (tertiary/aromatic N) is 5. The third-order valence-corrected chi connectivity index (χ3v) is 4.62. The summed E-state index contributed by atoms with van der Waals surface area (Å²) in [5.41, 5.74) is -0.334. The van der Waals surface area contributed by atoms with Gasteiger partial charge in [-0.3, -0.25) is 4.79 Å². The Bertz CT molecular complexity index is 633. The lowest BCUT2D eigenvalue weighted by atomic mass is 9.95. The SMILES string of the molecule is CN(C(=O)C(C)(C)C)[C@H]1[C@@H]2CN(c3ccnc(C#N)n3)C[C@@H]21. The fourth-order valence-corrected chi connectivity index (χ4v) is 3.50. The normalized spacial score (nSPS) is 26.3. The van der Waals surface area contributed by atoms with Crippen LogP contribution in [0.25, 0.3) is 0 Å². The van der Waals surface area contributed by atoms with E-state index in [9.17, 15) is 4.79 Å². The topological polar surface area (TPSA) is 73.1 Å². The number of hydrogen-bond donors (Lipinski definition) is 0. The van der Waals surface area contributed by atoms with Crippen molar-refractivity contribution in [3.05, 3.63) is 18.1 Å². The lowest BCUT2D eigenvalue weighted by Crippen LogP contribution is -2.41. The minimum atomic E-state index is -0.334. The standard InChI is InChI=1S/C16H21N5O/c1-16(2,3)15(22)20(4)14-10-8-21(9-11(10)14)13-5-6-18-12(7-17)19-13/h5-6,10-11,14H,8-9H2,1-4H3/t10-,11+,14+. The molecule has 2 fully saturated rings. The predicted molar refractivity (Wildman–Crippen MR) is 82.0 cm³/mol. The molecule has 0 N–H and O–H groups in total. The summed E-state index contributed by atoms with van der Waals surface area (Å²) < 4.78 is 0. The van der Waals surface area contributed by atoms with Gasteiger partial charge in [-0.2, -0.15) is 5.26 Å². The van der Waals surface area contributed by atoms with Crippen molar-refractivity contribution < 1.29 is 4.79 Å². The van der Waals surface area contributed by atoms with E-state index in [0.29, 0.717) is 17.9 Å². The van der Waals surface area contributed by atoms with E-state index in [0.717, 1.165) is 18.9 Å². The Morgan fingerprint density at radius 2 is 2.05 bits per heavy atom. The van der Waals surface area contributed by atoms with E-state index in [4.69, 9.17) is 5.26 Å². The van der Waals surface area contributed by atoms with Crippen LogP contribution in [0, 0.1) is 28.6 Å². The number of fused-ring (bicyclic) bond motifs is 1. The molecule has 0 radical (unpaired) electrons. The van der Waals surface area contributed by atoms with Crippen molar-refractivity contribution in [3.8, 4) is 6.07 Å². The maximum absolute atomic E-state index is 12.4. The zero-order valence-electron chi connectivity index (χ0n) is 13.4. The molecule has 0 aromatic carbocycles. The van der Waals surface area contributed by atoms with E-state index < -0.39 is 0 Å². The summed E-state index contributed by atoms with van der Waals surface area (Å²) in [5.74, 6) is 2.23. The quantitative estimate of drug-likeness (QED) is 0.822. The van der Waals surface area contributed by atoms with E-state index in [1.807, 2.05) is 44.9 Å². The van der Waals surface area contributed by atoms with Gasteiger partial charge in [0, 0.05) is 49.6 Å². The van der Waals surface area contributed by atoms with Crippen LogP contribution in [0.3, 0.4) is 0 Å². The second-order valence-corrected chi connectivity index (χ2v) is 7.24. The van der Waals surface area contributed by atoms with Crippen LogP contribution in [-0.4, -0.2) is 47.0 Å². The lowest BCUT2D eigenvalue weighted by molar-refractivity contribution is -0.139. The van der Waals surface area contributed by atoms with Crippen LogP contribution in [0.2, 0.25) is 0 Å². The zero-order valence-corrected chi connectivity index (χ0v) is 13.4. The highest BCUT2D eigenvalue weighted by Gasteiger charge is 2.59. The first-order chi connectivity index (χ1) is 10.3. The summed E-state index contributed by atoms with van der Waals surface area (Å²) in [6, 6.07) is 4.16. The summed E-state index contributed by atoms with van der Waals surface area (Å²) in [6.45, 7) is 7.65. The summed E-state index contributed by atoms with van der Waals surface area (Å²) in [5, 5.41) is 8.88. The molecule has 0 spiro atoms. The Hall–Kier alpha value is -2.16. The summed E-state index contributed by atoms with van der Waals surface area (Å²) in [7, 11) is 1.92. The van der Waals surface area contributed by atoms with Gasteiger partial charge >= 0.3 is 0 Å². The number of carbonyl (C=O) groups is 1. The van der Waals surface area contributed by atoms with Crippen LogP contribution in [0.1, 0.15) is 26.6 Å². The van der Waals surface area contributed by atoms with Gasteiger partial charge in [-0.1, -0.05) is 20.8 Å². The average molecular weight is 299 g/mol. The maximum atomic E-state index is 12.4. The number of piperidine rings is 1. The van der Waals surface area contributed by atoms with Gasteiger partial charge in [0.05, 0.1) is 0 Å². The highest BCUT2D eigenvalue weighted by Crippen LogP contribution is 2.49. The number of carbonyl (C=O) groups excluding carboxylic acids is 1. The van der Waals surface area contributed by atoms with Gasteiger partial charge in [-0.15, -0.1) is 0 Å². The maximum Gasteiger partial charge on any atom is 0.234 e. The number of anilines is 1. The van der Waals surface area contributed by atoms with Gasteiger partial charge in [0.25, 0.3) is 0 Å². The molecular weight excluding hydrogens is 278 g/mol. The fourth-order valence-electron chi connectivity index (χ4n) is 3.50. The monoisotopic (exact) mass is 299 g/mol. The van der Waals surface area contributed by atoms with Gasteiger partial charge < -0.3 is 9.80 Å². The van der Waals surface area contributed by atoms with Crippen molar-refractivity contribution in [2.45, 2.75) is 26.8 Å². The van der Waals surface area contributed by atoms with E-state index >= 15 is 0 Å². The van der Waals surface area contributed by atoms with E-state index in [1.54, 1.807) is 6.20 Å². The molecule has 1 aliphatic heterocycles. The van der Waals surface area contributed by atoms with Crippen molar-refractivity contribution in [1.29, 1.82) is 5.26 Å². The molecule has 1 amide bonds. The molecule has 6 heteroatoms. The average Bonchev–Trinajstić information content (AvgIpc) is 2.98. The number of amides is 1. The highest BCUT2D eigenvalue weighted by molar-refractivity contribution is 5.82. The van der Waals surface area contributed by atoms with Crippen LogP contribution >= 0.6 is 0 Å². The molecule has 22 heavy (non-hydrogen) atoms. The van der Waals surface area contributed by atoms with Crippen LogP contribution in [0.15, 0.2) is 12.3 Å². The first-order valence-electron chi connectivity index (χ1n) is 7.58. The van der Waals surface area contributed by atoms with Gasteiger partial charge in [-0.25, -0.2) is 9.97 Å². The molecule has 1 saturated heterocycles. The molecule has 6 nitrogen and oxygen atoms in total. The third kappa shape index (κ3) is 2.41. The summed E-state index contributed by atoms with van der Waals surface area (Å²) in [6.07, 6.45) is 1.62. The largest absolute Gasteiger partial charge is 0.356 e. The van der Waals surface area contributed by atoms with E-state index in [1.165, 1.54) is 0 Å². The van der Waals surface area contributed by atoms with Crippen LogP contribution in [0.5, 0.6) is 0 Å². The van der Waals surface area contributed by atoms with Crippen LogP contribution in [0.4, 0.5) is 5.82 Å². The molecule has 116 valence electrons. The molecule has 1 saturated carbocycles. The molecule has 2 aliphatic rings. The Labute approximate surface area is 130 Å². The molecule has 3 atom stereocenters. The van der Waals surface area contributed by atoms with E-state index in [-0.39, 0.29) is 17.1 Å². The van der Waals surface area contributed by atoms with Gasteiger partial charge in [-0.05, 0) is 6.07 Å². The van der Waals surface area contributed by atoms with Crippen molar-refractivity contribution >= 4 is 11.7 Å². The summed E-state index contributed by atoms with van der Waals surface area (Å²) in [4.78, 5) is 24.6. The minimum absolute atomic E-state index is 0.201. The van der Waals surface area contributed by atoms with Crippen LogP contribution in [-0.2, 0) is 4.79 Å². The third-order valence-electron chi connectivity index (χ3n) is 4.62. The molecule has 0 unspecified atom stereocenters. The summed E-state index contributed by atoms with van der Waals surface area (Å²) >= 11 is 0. The highest BCUT2D eigenvalue weighted by atomic mass is 16.2. The Morgan fingerprint density at radius 3 is 2.59 bits per heavy atom. The number of aromatic nitrogens is 2. The fraction of sp³-hybridized carbons (Fsp3) is 0.625. The molecule has 1 aliphatic carbocycles. The Morgan fingerprint density at radius 1 is 1.41 bits per heavy atom. The Kier molecular flexibility index (Phi) is 3.32. The van der Waals surface area contributed by atoms with Gasteiger partial charge in [0.15, 0.2) is 0 Å². The Balaban J connectivity index is 1.64.